The maximum Gasteiger partial charge on any atom is 0.310 e. The molecular formula is C38H49N3O5S. The van der Waals surface area contributed by atoms with Crippen molar-refractivity contribution in [1.82, 2.24) is 4.90 Å². The number of carbonyl (C=O) groups excluding carboxylic acids is 3. The van der Waals surface area contributed by atoms with Crippen LogP contribution in [0.5, 0.6) is 0 Å². The highest BCUT2D eigenvalue weighted by atomic mass is 32.2. The quantitative estimate of drug-likeness (QED) is 0.145. The second-order valence-corrected chi connectivity index (χ2v) is 14.4. The van der Waals surface area contributed by atoms with Crippen LogP contribution in [0.2, 0.25) is 0 Å². The van der Waals surface area contributed by atoms with Crippen molar-refractivity contribution in [1.29, 1.82) is 0 Å². The van der Waals surface area contributed by atoms with E-state index in [4.69, 9.17) is 4.74 Å². The van der Waals surface area contributed by atoms with Gasteiger partial charge in [-0.15, -0.1) is 24.9 Å². The Bertz CT molecular complexity index is 1430. The zero-order chi connectivity index (χ0) is 33.7. The van der Waals surface area contributed by atoms with Crippen molar-refractivity contribution in [2.24, 2.45) is 17.8 Å². The van der Waals surface area contributed by atoms with Crippen molar-refractivity contribution in [3.8, 4) is 0 Å². The molecule has 2 aromatic carbocycles. The molecule has 9 heteroatoms. The number of amides is 2. The maximum absolute atomic E-state index is 15.1. The van der Waals surface area contributed by atoms with E-state index in [1.165, 1.54) is 0 Å². The molecule has 3 heterocycles. The average Bonchev–Trinajstić information content (AvgIpc) is 3.69. The van der Waals surface area contributed by atoms with Crippen LogP contribution in [0.25, 0.3) is 0 Å². The molecule has 3 saturated heterocycles. The van der Waals surface area contributed by atoms with Crippen LogP contribution in [0.3, 0.4) is 0 Å². The van der Waals surface area contributed by atoms with Gasteiger partial charge in [0.25, 0.3) is 5.91 Å². The third-order valence-electron chi connectivity index (χ3n) is 10.3. The second kappa shape index (κ2) is 15.1. The van der Waals surface area contributed by atoms with Gasteiger partial charge >= 0.3 is 5.97 Å². The lowest BCUT2D eigenvalue weighted by atomic mass is 9.66. The first-order chi connectivity index (χ1) is 22.8. The van der Waals surface area contributed by atoms with Gasteiger partial charge in [-0.2, -0.15) is 0 Å². The summed E-state index contributed by atoms with van der Waals surface area (Å²) in [6.07, 6.45) is 5.99. The van der Waals surface area contributed by atoms with E-state index in [9.17, 15) is 14.7 Å². The standard InChI is InChI=1S/C38H49N3O5S/c1-6-10-14-22-46-37(45)32-31-23-26(5)38(47-31)33(32)35(43)41(30(25-42)24-27-15-12-11-13-16-27)34(38)36(44)40(21-7-2)29-19-17-28(18-20-29)39(8-3)9-4/h6-7,11-13,15-20,26,30-34,42H,1-2,8-10,14,21-25H2,3-5H3/t26?,30-,31-,32+,33+,34?,38?/m1/s1. The molecular weight excluding hydrogens is 611 g/mol. The summed E-state index contributed by atoms with van der Waals surface area (Å²) in [5, 5.41) is 10.7. The summed E-state index contributed by atoms with van der Waals surface area (Å²) in [6, 6.07) is 16.1. The smallest absolute Gasteiger partial charge is 0.310 e. The molecule has 5 rings (SSSR count). The van der Waals surface area contributed by atoms with Gasteiger partial charge in [-0.3, -0.25) is 14.4 Å². The summed E-state index contributed by atoms with van der Waals surface area (Å²) < 4.78 is 4.92. The second-order valence-electron chi connectivity index (χ2n) is 12.8. The van der Waals surface area contributed by atoms with E-state index in [0.29, 0.717) is 24.9 Å². The number of benzene rings is 2. The average molecular weight is 660 g/mol. The predicted molar refractivity (Wildman–Crippen MR) is 189 cm³/mol. The molecule has 2 bridgehead atoms. The van der Waals surface area contributed by atoms with Crippen molar-refractivity contribution in [3.63, 3.8) is 0 Å². The highest BCUT2D eigenvalue weighted by Crippen LogP contribution is 2.69. The fraction of sp³-hybridized carbons (Fsp3) is 0.500. The van der Waals surface area contributed by atoms with Gasteiger partial charge in [0.05, 0.1) is 35.8 Å². The Morgan fingerprint density at radius 2 is 1.77 bits per heavy atom. The van der Waals surface area contributed by atoms with Gasteiger partial charge in [0, 0.05) is 36.3 Å². The molecule has 3 aliphatic heterocycles. The van der Waals surface area contributed by atoms with E-state index in [0.717, 1.165) is 30.8 Å². The van der Waals surface area contributed by atoms with E-state index < -0.39 is 28.7 Å². The number of hydrogen-bond acceptors (Lipinski definition) is 7. The van der Waals surface area contributed by atoms with Crippen molar-refractivity contribution in [2.75, 3.05) is 42.6 Å². The highest BCUT2D eigenvalue weighted by Gasteiger charge is 2.77. The first-order valence-electron chi connectivity index (χ1n) is 17.0. The summed E-state index contributed by atoms with van der Waals surface area (Å²) in [6.45, 7) is 16.0. The van der Waals surface area contributed by atoms with Crippen LogP contribution in [0.15, 0.2) is 79.9 Å². The molecule has 47 heavy (non-hydrogen) atoms. The van der Waals surface area contributed by atoms with E-state index in [-0.39, 0.29) is 48.7 Å². The van der Waals surface area contributed by atoms with Crippen molar-refractivity contribution in [3.05, 3.63) is 85.5 Å². The Morgan fingerprint density at radius 3 is 2.38 bits per heavy atom. The summed E-state index contributed by atoms with van der Waals surface area (Å²) in [5.41, 5.74) is 2.74. The first-order valence-corrected chi connectivity index (χ1v) is 17.8. The van der Waals surface area contributed by atoms with Gasteiger partial charge in [0.15, 0.2) is 0 Å². The number of likely N-dealkylation sites (tertiary alicyclic amines) is 1. The predicted octanol–water partition coefficient (Wildman–Crippen LogP) is 5.50. The number of nitrogens with zero attached hydrogens (tertiary/aromatic N) is 3. The number of thioether (sulfide) groups is 1. The number of esters is 1. The lowest BCUT2D eigenvalue weighted by Crippen LogP contribution is -2.59. The Balaban J connectivity index is 1.57. The van der Waals surface area contributed by atoms with Crippen LogP contribution in [0.1, 0.15) is 45.6 Å². The van der Waals surface area contributed by atoms with Gasteiger partial charge in [-0.25, -0.2) is 0 Å². The number of carbonyl (C=O) groups is 3. The molecule has 0 radical (unpaired) electrons. The van der Waals surface area contributed by atoms with Gasteiger partial charge in [-0.1, -0.05) is 49.4 Å². The monoisotopic (exact) mass is 659 g/mol. The maximum atomic E-state index is 15.1. The number of aliphatic hydroxyl groups is 1. The van der Waals surface area contributed by atoms with E-state index in [1.54, 1.807) is 33.7 Å². The molecule has 1 N–H and O–H groups in total. The molecule has 1 spiro atoms. The minimum Gasteiger partial charge on any atom is -0.465 e. The first kappa shape index (κ1) is 34.8. The van der Waals surface area contributed by atoms with E-state index in [1.807, 2.05) is 54.6 Å². The molecule has 2 amide bonds. The Hall–Kier alpha value is -3.56. The summed E-state index contributed by atoms with van der Waals surface area (Å²) in [4.78, 5) is 49.2. The number of fused-ring (bicyclic) bond motifs is 1. The SMILES string of the molecule is C=CCCCOC(=O)[C@@H]1[C@H]2C(=O)N([C@@H](CO)Cc3ccccc3)C(C(=O)N(CC=C)c3ccc(N(CC)CC)cc3)C23S[C@@H]1CC3C. The van der Waals surface area contributed by atoms with Crippen LogP contribution in [0, 0.1) is 17.8 Å². The Morgan fingerprint density at radius 1 is 1.09 bits per heavy atom. The lowest BCUT2D eigenvalue weighted by molar-refractivity contribution is -0.155. The molecule has 252 valence electrons. The zero-order valence-corrected chi connectivity index (χ0v) is 28.7. The highest BCUT2D eigenvalue weighted by molar-refractivity contribution is 8.02. The largest absolute Gasteiger partial charge is 0.465 e. The van der Waals surface area contributed by atoms with Crippen LogP contribution in [-0.2, 0) is 25.5 Å². The topological polar surface area (TPSA) is 90.4 Å². The Labute approximate surface area is 283 Å². The molecule has 0 saturated carbocycles. The molecule has 0 aliphatic carbocycles. The minimum atomic E-state index is -0.883. The van der Waals surface area contributed by atoms with E-state index >= 15 is 4.79 Å². The van der Waals surface area contributed by atoms with Gasteiger partial charge in [-0.05, 0) is 75.3 Å². The van der Waals surface area contributed by atoms with Crippen LogP contribution in [0.4, 0.5) is 11.4 Å². The van der Waals surface area contributed by atoms with Crippen LogP contribution in [-0.4, -0.2) is 82.7 Å². The molecule has 0 aromatic heterocycles. The molecule has 3 aliphatic rings. The lowest BCUT2D eigenvalue weighted by Gasteiger charge is -2.42. The number of aliphatic hydroxyl groups excluding tert-OH is 1. The number of unbranched alkanes of at least 4 members (excludes halogenated alkanes) is 1. The summed E-state index contributed by atoms with van der Waals surface area (Å²) in [5.74, 6) is -2.22. The number of allylic oxidation sites excluding steroid dienone is 1. The van der Waals surface area contributed by atoms with Gasteiger partial charge in [0.1, 0.15) is 6.04 Å². The third-order valence-corrected chi connectivity index (χ3v) is 12.3. The number of anilines is 2. The normalized spacial score (nSPS) is 26.5. The van der Waals surface area contributed by atoms with Gasteiger partial charge < -0.3 is 24.5 Å². The fourth-order valence-electron chi connectivity index (χ4n) is 8.07. The van der Waals surface area contributed by atoms with E-state index in [2.05, 4.69) is 38.8 Å². The minimum absolute atomic E-state index is 0.0121. The molecule has 2 aromatic rings. The zero-order valence-electron chi connectivity index (χ0n) is 27.9. The van der Waals surface area contributed by atoms with Gasteiger partial charge in [0.2, 0.25) is 5.91 Å². The molecule has 3 unspecified atom stereocenters. The number of ether oxygens (including phenoxy) is 1. The van der Waals surface area contributed by atoms with Crippen molar-refractivity contribution < 1.29 is 24.2 Å². The molecule has 3 fully saturated rings. The molecule has 8 nitrogen and oxygen atoms in total. The van der Waals surface area contributed by atoms with Crippen LogP contribution < -0.4 is 9.80 Å². The number of rotatable bonds is 16. The fourth-order valence-corrected chi connectivity index (χ4v) is 10.5. The van der Waals surface area contributed by atoms with Crippen molar-refractivity contribution in [2.45, 2.75) is 68.5 Å². The number of hydrogen-bond donors (Lipinski definition) is 1. The Kier molecular flexibility index (Phi) is 11.2. The van der Waals surface area contributed by atoms with Crippen LogP contribution >= 0.6 is 11.8 Å². The summed E-state index contributed by atoms with van der Waals surface area (Å²) >= 11 is 1.62. The molecule has 7 atom stereocenters. The summed E-state index contributed by atoms with van der Waals surface area (Å²) in [7, 11) is 0. The third kappa shape index (κ3) is 6.36. The van der Waals surface area contributed by atoms with Crippen molar-refractivity contribution >= 4 is 40.9 Å².